The van der Waals surface area contributed by atoms with Crippen LogP contribution in [0.5, 0.6) is 0 Å². The fraction of sp³-hybridized carbons (Fsp3) is 0.211. The lowest BCUT2D eigenvalue weighted by atomic mass is 9.95. The van der Waals surface area contributed by atoms with Crippen molar-refractivity contribution in [3.63, 3.8) is 0 Å². The summed E-state index contributed by atoms with van der Waals surface area (Å²) in [6.07, 6.45) is -0.534. The molecule has 3 rings (SSSR count). The number of hydrogen-bond donors (Lipinski definition) is 1. The summed E-state index contributed by atoms with van der Waals surface area (Å²) in [7, 11) is 0. The van der Waals surface area contributed by atoms with Crippen LogP contribution >= 0.6 is 0 Å². The van der Waals surface area contributed by atoms with Gasteiger partial charge in [-0.15, -0.1) is 0 Å². The average Bonchev–Trinajstić information content (AvgIpc) is 2.55. The van der Waals surface area contributed by atoms with Gasteiger partial charge in [0, 0.05) is 0 Å². The standard InChI is InChI=1S/C19H17FO3/c1-3-14(21)19-16(12-8-5-4-7-11(12)2)18(22)17-13(20)9-6-10-15(17)23-19/h4-10,14,21H,3H2,1-2H3. The molecule has 0 saturated heterocycles. The zero-order valence-electron chi connectivity index (χ0n) is 13.0. The minimum absolute atomic E-state index is 0.0854. The maximum Gasteiger partial charge on any atom is 0.203 e. The van der Waals surface area contributed by atoms with Crippen LogP contribution < -0.4 is 5.43 Å². The number of fused-ring (bicyclic) bond motifs is 1. The van der Waals surface area contributed by atoms with Gasteiger partial charge >= 0.3 is 0 Å². The highest BCUT2D eigenvalue weighted by Crippen LogP contribution is 2.32. The summed E-state index contributed by atoms with van der Waals surface area (Å²) in [6, 6.07) is 11.6. The van der Waals surface area contributed by atoms with Crippen molar-refractivity contribution in [1.82, 2.24) is 0 Å². The Morgan fingerprint density at radius 1 is 1.17 bits per heavy atom. The van der Waals surface area contributed by atoms with E-state index in [1.165, 1.54) is 18.2 Å². The Hall–Kier alpha value is -2.46. The third-order valence-corrected chi connectivity index (χ3v) is 4.00. The lowest BCUT2D eigenvalue weighted by molar-refractivity contribution is 0.147. The summed E-state index contributed by atoms with van der Waals surface area (Å²) in [5, 5.41) is 10.2. The van der Waals surface area contributed by atoms with E-state index >= 15 is 0 Å². The molecule has 0 fully saturated rings. The highest BCUT2D eigenvalue weighted by molar-refractivity contribution is 5.84. The molecule has 2 aromatic carbocycles. The average molecular weight is 312 g/mol. The number of aliphatic hydroxyl groups is 1. The summed E-state index contributed by atoms with van der Waals surface area (Å²) in [6.45, 7) is 3.66. The lowest BCUT2D eigenvalue weighted by Gasteiger charge is -2.15. The fourth-order valence-electron chi connectivity index (χ4n) is 2.74. The molecule has 0 aliphatic carbocycles. The van der Waals surface area contributed by atoms with Crippen molar-refractivity contribution in [2.24, 2.45) is 0 Å². The second-order valence-corrected chi connectivity index (χ2v) is 5.52. The summed E-state index contributed by atoms with van der Waals surface area (Å²) in [5.41, 5.74) is 1.43. The van der Waals surface area contributed by atoms with Crippen molar-refractivity contribution in [2.75, 3.05) is 0 Å². The van der Waals surface area contributed by atoms with Crippen molar-refractivity contribution in [3.05, 3.63) is 69.8 Å². The molecule has 4 heteroatoms. The van der Waals surface area contributed by atoms with Crippen LogP contribution in [-0.2, 0) is 0 Å². The van der Waals surface area contributed by atoms with Gasteiger partial charge in [-0.3, -0.25) is 4.79 Å². The maximum atomic E-state index is 14.1. The summed E-state index contributed by atoms with van der Waals surface area (Å²) >= 11 is 0. The minimum atomic E-state index is -0.926. The van der Waals surface area contributed by atoms with Gasteiger partial charge in [0.05, 0.1) is 5.56 Å². The van der Waals surface area contributed by atoms with E-state index < -0.39 is 17.3 Å². The minimum Gasteiger partial charge on any atom is -0.457 e. The molecule has 1 atom stereocenters. The molecule has 118 valence electrons. The van der Waals surface area contributed by atoms with Gasteiger partial charge in [-0.2, -0.15) is 0 Å². The van der Waals surface area contributed by atoms with Crippen molar-refractivity contribution in [1.29, 1.82) is 0 Å². The van der Waals surface area contributed by atoms with Crippen molar-refractivity contribution >= 4 is 11.0 Å². The Bertz CT molecular complexity index is 928. The lowest BCUT2D eigenvalue weighted by Crippen LogP contribution is -2.13. The topological polar surface area (TPSA) is 50.4 Å². The van der Waals surface area contributed by atoms with Gasteiger partial charge in [-0.25, -0.2) is 4.39 Å². The van der Waals surface area contributed by atoms with E-state index in [0.717, 1.165) is 5.56 Å². The summed E-state index contributed by atoms with van der Waals surface area (Å²) in [4.78, 5) is 12.9. The Balaban J connectivity index is 2.48. The third-order valence-electron chi connectivity index (χ3n) is 4.00. The Morgan fingerprint density at radius 3 is 2.61 bits per heavy atom. The van der Waals surface area contributed by atoms with Gasteiger partial charge < -0.3 is 9.52 Å². The number of aliphatic hydroxyl groups excluding tert-OH is 1. The second-order valence-electron chi connectivity index (χ2n) is 5.52. The predicted molar refractivity (Wildman–Crippen MR) is 87.9 cm³/mol. The van der Waals surface area contributed by atoms with Crippen LogP contribution in [0, 0.1) is 12.7 Å². The molecule has 0 amide bonds. The molecule has 3 aromatic rings. The molecule has 3 nitrogen and oxygen atoms in total. The number of halogens is 1. The molecule has 23 heavy (non-hydrogen) atoms. The van der Waals surface area contributed by atoms with Crippen LogP contribution in [0.25, 0.3) is 22.1 Å². The first-order valence-electron chi connectivity index (χ1n) is 7.53. The van der Waals surface area contributed by atoms with Gasteiger partial charge in [0.15, 0.2) is 0 Å². The fourth-order valence-corrected chi connectivity index (χ4v) is 2.74. The van der Waals surface area contributed by atoms with Crippen molar-refractivity contribution < 1.29 is 13.9 Å². The van der Waals surface area contributed by atoms with E-state index in [9.17, 15) is 14.3 Å². The molecule has 1 heterocycles. The summed E-state index contributed by atoms with van der Waals surface area (Å²) < 4.78 is 19.9. The number of rotatable bonds is 3. The first-order valence-corrected chi connectivity index (χ1v) is 7.53. The molecule has 0 bridgehead atoms. The van der Waals surface area contributed by atoms with E-state index in [4.69, 9.17) is 4.42 Å². The highest BCUT2D eigenvalue weighted by Gasteiger charge is 2.23. The SMILES string of the molecule is CCC(O)c1oc2cccc(F)c2c(=O)c1-c1ccccc1C. The Kier molecular flexibility index (Phi) is 4.01. The maximum absolute atomic E-state index is 14.1. The van der Waals surface area contributed by atoms with Gasteiger partial charge in [0.2, 0.25) is 5.43 Å². The number of benzene rings is 2. The van der Waals surface area contributed by atoms with Crippen LogP contribution in [-0.4, -0.2) is 5.11 Å². The quantitative estimate of drug-likeness (QED) is 0.782. The molecule has 1 aromatic heterocycles. The normalized spacial score (nSPS) is 12.5. The van der Waals surface area contributed by atoms with E-state index in [0.29, 0.717) is 12.0 Å². The number of hydrogen-bond acceptors (Lipinski definition) is 3. The van der Waals surface area contributed by atoms with Gasteiger partial charge in [-0.05, 0) is 36.6 Å². The van der Waals surface area contributed by atoms with E-state index in [2.05, 4.69) is 0 Å². The first-order chi connectivity index (χ1) is 11.0. The molecule has 0 radical (unpaired) electrons. The smallest absolute Gasteiger partial charge is 0.203 e. The van der Waals surface area contributed by atoms with Crippen molar-refractivity contribution in [2.45, 2.75) is 26.4 Å². The van der Waals surface area contributed by atoms with Crippen LogP contribution in [0.2, 0.25) is 0 Å². The van der Waals surface area contributed by atoms with Crippen LogP contribution in [0.15, 0.2) is 51.7 Å². The zero-order valence-corrected chi connectivity index (χ0v) is 13.0. The van der Waals surface area contributed by atoms with Crippen LogP contribution in [0.3, 0.4) is 0 Å². The molecule has 0 spiro atoms. The Morgan fingerprint density at radius 2 is 1.91 bits per heavy atom. The predicted octanol–water partition coefficient (Wildman–Crippen LogP) is 4.35. The third kappa shape index (κ3) is 2.55. The zero-order chi connectivity index (χ0) is 16.6. The molecular weight excluding hydrogens is 295 g/mol. The molecule has 0 aliphatic heterocycles. The molecular formula is C19H17FO3. The molecule has 1 N–H and O–H groups in total. The molecule has 0 aliphatic rings. The Labute approximate surface area is 133 Å². The summed E-state index contributed by atoms with van der Waals surface area (Å²) in [5.74, 6) is -0.437. The van der Waals surface area contributed by atoms with Crippen LogP contribution in [0.1, 0.15) is 30.8 Å². The van der Waals surface area contributed by atoms with Gasteiger partial charge in [0.25, 0.3) is 0 Å². The second kappa shape index (κ2) is 5.97. The van der Waals surface area contributed by atoms with E-state index in [1.54, 1.807) is 19.1 Å². The monoisotopic (exact) mass is 312 g/mol. The molecule has 0 saturated carbocycles. The van der Waals surface area contributed by atoms with Crippen molar-refractivity contribution in [3.8, 4) is 11.1 Å². The largest absolute Gasteiger partial charge is 0.457 e. The van der Waals surface area contributed by atoms with E-state index in [-0.39, 0.29) is 22.3 Å². The highest BCUT2D eigenvalue weighted by atomic mass is 19.1. The van der Waals surface area contributed by atoms with Gasteiger partial charge in [0.1, 0.15) is 28.7 Å². The van der Waals surface area contributed by atoms with Gasteiger partial charge in [-0.1, -0.05) is 37.3 Å². The van der Waals surface area contributed by atoms with Crippen LogP contribution in [0.4, 0.5) is 4.39 Å². The molecule has 1 unspecified atom stereocenters. The van der Waals surface area contributed by atoms with E-state index in [1.807, 2.05) is 19.1 Å². The number of aryl methyl sites for hydroxylation is 1. The first kappa shape index (κ1) is 15.4.